The van der Waals surface area contributed by atoms with E-state index >= 15 is 0 Å². The van der Waals surface area contributed by atoms with E-state index in [0.717, 1.165) is 29.9 Å². The highest BCUT2D eigenvalue weighted by Gasteiger charge is 2.15. The van der Waals surface area contributed by atoms with Crippen LogP contribution in [-0.2, 0) is 4.79 Å². The Morgan fingerprint density at radius 3 is 2.58 bits per heavy atom. The molecule has 19 heavy (non-hydrogen) atoms. The fourth-order valence-electron chi connectivity index (χ4n) is 2.34. The molecule has 0 spiro atoms. The SMILES string of the molecule is Cc1cccc(C)c1NC(=O)CSC1CCNCC1. The summed E-state index contributed by atoms with van der Waals surface area (Å²) >= 11 is 1.78. The van der Waals surface area contributed by atoms with Crippen molar-refractivity contribution < 1.29 is 4.79 Å². The molecule has 1 saturated heterocycles. The number of rotatable bonds is 4. The monoisotopic (exact) mass is 278 g/mol. The van der Waals surface area contributed by atoms with E-state index in [4.69, 9.17) is 0 Å². The van der Waals surface area contributed by atoms with Gasteiger partial charge in [-0.1, -0.05) is 18.2 Å². The molecule has 0 saturated carbocycles. The van der Waals surface area contributed by atoms with Gasteiger partial charge in [0.1, 0.15) is 0 Å². The minimum absolute atomic E-state index is 0.112. The molecule has 1 aromatic carbocycles. The van der Waals surface area contributed by atoms with Crippen molar-refractivity contribution in [1.82, 2.24) is 5.32 Å². The van der Waals surface area contributed by atoms with E-state index in [1.54, 1.807) is 11.8 Å². The number of hydrogen-bond acceptors (Lipinski definition) is 3. The average molecular weight is 278 g/mol. The van der Waals surface area contributed by atoms with Crippen LogP contribution < -0.4 is 10.6 Å². The summed E-state index contributed by atoms with van der Waals surface area (Å²) in [6.07, 6.45) is 2.34. The van der Waals surface area contributed by atoms with Crippen LogP contribution in [0.25, 0.3) is 0 Å². The third kappa shape index (κ3) is 4.25. The van der Waals surface area contributed by atoms with Gasteiger partial charge in [0.25, 0.3) is 0 Å². The Hall–Kier alpha value is -1.000. The van der Waals surface area contributed by atoms with Crippen molar-refractivity contribution in [3.8, 4) is 0 Å². The number of amides is 1. The second-order valence-electron chi connectivity index (χ2n) is 5.08. The molecule has 3 nitrogen and oxygen atoms in total. The molecular weight excluding hydrogens is 256 g/mol. The van der Waals surface area contributed by atoms with Crippen LogP contribution in [0.3, 0.4) is 0 Å². The van der Waals surface area contributed by atoms with Gasteiger partial charge in [-0.25, -0.2) is 0 Å². The van der Waals surface area contributed by atoms with Gasteiger partial charge in [0.05, 0.1) is 5.75 Å². The van der Waals surface area contributed by atoms with Gasteiger partial charge in [-0.15, -0.1) is 11.8 Å². The van der Waals surface area contributed by atoms with Crippen LogP contribution >= 0.6 is 11.8 Å². The first-order valence-electron chi connectivity index (χ1n) is 6.85. The second kappa shape index (κ2) is 6.96. The van der Waals surface area contributed by atoms with Gasteiger partial charge in [0, 0.05) is 10.9 Å². The quantitative estimate of drug-likeness (QED) is 0.890. The normalized spacial score (nSPS) is 16.3. The minimum Gasteiger partial charge on any atom is -0.325 e. The van der Waals surface area contributed by atoms with Gasteiger partial charge in [-0.3, -0.25) is 4.79 Å². The molecule has 0 bridgehead atoms. The van der Waals surface area contributed by atoms with Crippen molar-refractivity contribution in [2.45, 2.75) is 31.9 Å². The smallest absolute Gasteiger partial charge is 0.234 e. The van der Waals surface area contributed by atoms with E-state index in [0.29, 0.717) is 11.0 Å². The fourth-order valence-corrected chi connectivity index (χ4v) is 3.37. The third-order valence-corrected chi connectivity index (χ3v) is 4.85. The molecule has 0 atom stereocenters. The molecule has 2 rings (SSSR count). The lowest BCUT2D eigenvalue weighted by molar-refractivity contribution is -0.113. The molecule has 1 amide bonds. The molecule has 2 N–H and O–H groups in total. The molecule has 104 valence electrons. The fraction of sp³-hybridized carbons (Fsp3) is 0.533. The number of carbonyl (C=O) groups excluding carboxylic acids is 1. The maximum atomic E-state index is 12.0. The molecule has 1 heterocycles. The van der Waals surface area contributed by atoms with E-state index in [-0.39, 0.29) is 5.91 Å². The van der Waals surface area contributed by atoms with Crippen LogP contribution in [0, 0.1) is 13.8 Å². The first kappa shape index (κ1) is 14.4. The van der Waals surface area contributed by atoms with Crippen molar-refractivity contribution in [2.75, 3.05) is 24.2 Å². The number of benzene rings is 1. The molecule has 0 aliphatic carbocycles. The maximum absolute atomic E-state index is 12.0. The molecule has 1 aliphatic heterocycles. The Labute approximate surface area is 119 Å². The van der Waals surface area contributed by atoms with Gasteiger partial charge < -0.3 is 10.6 Å². The molecule has 0 unspecified atom stereocenters. The zero-order chi connectivity index (χ0) is 13.7. The lowest BCUT2D eigenvalue weighted by Crippen LogP contribution is -2.30. The molecule has 0 radical (unpaired) electrons. The number of anilines is 1. The van der Waals surface area contributed by atoms with E-state index in [1.165, 1.54) is 12.8 Å². The van der Waals surface area contributed by atoms with Crippen LogP contribution in [0.1, 0.15) is 24.0 Å². The van der Waals surface area contributed by atoms with Gasteiger partial charge >= 0.3 is 0 Å². The van der Waals surface area contributed by atoms with Crippen molar-refractivity contribution in [2.24, 2.45) is 0 Å². The van der Waals surface area contributed by atoms with Crippen molar-refractivity contribution in [1.29, 1.82) is 0 Å². The number of carbonyl (C=O) groups is 1. The van der Waals surface area contributed by atoms with Crippen molar-refractivity contribution >= 4 is 23.4 Å². The zero-order valence-electron chi connectivity index (χ0n) is 11.7. The molecule has 1 aromatic rings. The van der Waals surface area contributed by atoms with Gasteiger partial charge in [0.2, 0.25) is 5.91 Å². The topological polar surface area (TPSA) is 41.1 Å². The van der Waals surface area contributed by atoms with Gasteiger partial charge in [0.15, 0.2) is 0 Å². The molecule has 1 fully saturated rings. The second-order valence-corrected chi connectivity index (χ2v) is 6.36. The molecule has 1 aliphatic rings. The van der Waals surface area contributed by atoms with Crippen LogP contribution in [0.4, 0.5) is 5.69 Å². The number of hydrogen-bond donors (Lipinski definition) is 2. The minimum atomic E-state index is 0.112. The maximum Gasteiger partial charge on any atom is 0.234 e. The largest absolute Gasteiger partial charge is 0.325 e. The standard InChI is InChI=1S/C15H22N2OS/c1-11-4-3-5-12(2)15(11)17-14(18)10-19-13-6-8-16-9-7-13/h3-5,13,16H,6-10H2,1-2H3,(H,17,18). The Morgan fingerprint density at radius 1 is 1.32 bits per heavy atom. The van der Waals surface area contributed by atoms with E-state index in [1.807, 2.05) is 32.0 Å². The van der Waals surface area contributed by atoms with E-state index < -0.39 is 0 Å². The Bertz CT molecular complexity index is 422. The highest BCUT2D eigenvalue weighted by molar-refractivity contribution is 8.00. The van der Waals surface area contributed by atoms with Gasteiger partial charge in [-0.2, -0.15) is 0 Å². The summed E-state index contributed by atoms with van der Waals surface area (Å²) in [7, 11) is 0. The predicted molar refractivity (Wildman–Crippen MR) is 82.9 cm³/mol. The number of thioether (sulfide) groups is 1. The number of piperidine rings is 1. The molecule has 0 aromatic heterocycles. The summed E-state index contributed by atoms with van der Waals surface area (Å²) in [6, 6.07) is 6.08. The van der Waals surface area contributed by atoms with Crippen LogP contribution in [0.2, 0.25) is 0 Å². The number of nitrogens with one attached hydrogen (secondary N) is 2. The Morgan fingerprint density at radius 2 is 1.95 bits per heavy atom. The summed E-state index contributed by atoms with van der Waals surface area (Å²) < 4.78 is 0. The summed E-state index contributed by atoms with van der Waals surface area (Å²) in [5, 5.41) is 7.02. The zero-order valence-corrected chi connectivity index (χ0v) is 12.5. The van der Waals surface area contributed by atoms with Crippen molar-refractivity contribution in [3.63, 3.8) is 0 Å². The third-order valence-electron chi connectivity index (χ3n) is 3.48. The van der Waals surface area contributed by atoms with E-state index in [2.05, 4.69) is 10.6 Å². The lowest BCUT2D eigenvalue weighted by Gasteiger charge is -2.21. The first-order valence-corrected chi connectivity index (χ1v) is 7.90. The van der Waals surface area contributed by atoms with Gasteiger partial charge in [-0.05, 0) is 50.9 Å². The average Bonchev–Trinajstić information content (AvgIpc) is 2.42. The lowest BCUT2D eigenvalue weighted by atomic mass is 10.1. The Kier molecular flexibility index (Phi) is 5.28. The first-order chi connectivity index (χ1) is 9.16. The summed E-state index contributed by atoms with van der Waals surface area (Å²) in [6.45, 7) is 6.22. The Balaban J connectivity index is 1.83. The van der Waals surface area contributed by atoms with Crippen LogP contribution in [0.15, 0.2) is 18.2 Å². The number of para-hydroxylation sites is 1. The van der Waals surface area contributed by atoms with Crippen molar-refractivity contribution in [3.05, 3.63) is 29.3 Å². The van der Waals surface area contributed by atoms with E-state index in [9.17, 15) is 4.79 Å². The highest BCUT2D eigenvalue weighted by atomic mass is 32.2. The summed E-state index contributed by atoms with van der Waals surface area (Å²) in [5.41, 5.74) is 3.22. The van der Waals surface area contributed by atoms with Crippen LogP contribution in [-0.4, -0.2) is 30.0 Å². The highest BCUT2D eigenvalue weighted by Crippen LogP contribution is 2.22. The number of aryl methyl sites for hydroxylation is 2. The summed E-state index contributed by atoms with van der Waals surface area (Å²) in [4.78, 5) is 12.0. The summed E-state index contributed by atoms with van der Waals surface area (Å²) in [5.74, 6) is 0.666. The molecule has 4 heteroatoms. The predicted octanol–water partition coefficient (Wildman–Crippen LogP) is 2.73. The molecular formula is C15H22N2OS. The van der Waals surface area contributed by atoms with Crippen LogP contribution in [0.5, 0.6) is 0 Å².